The van der Waals surface area contributed by atoms with Crippen LogP contribution in [0.25, 0.3) is 0 Å². The van der Waals surface area contributed by atoms with E-state index in [0.29, 0.717) is 15.4 Å². The Bertz CT molecular complexity index is 764. The summed E-state index contributed by atoms with van der Waals surface area (Å²) in [5.41, 5.74) is 2.73. The standard InChI is InChI=1S/C17H17NO4S/c1-10-4-5-13(11(2)8-10)18-16(20)9-22-17(21)15-7-6-14(23-15)12(3)19/h4-8H,9H2,1-3H3,(H,18,20). The molecule has 0 aliphatic heterocycles. The van der Waals surface area contributed by atoms with Crippen LogP contribution in [0.2, 0.25) is 0 Å². The highest BCUT2D eigenvalue weighted by Crippen LogP contribution is 2.18. The second kappa shape index (κ2) is 7.19. The van der Waals surface area contributed by atoms with E-state index in [4.69, 9.17) is 4.74 Å². The minimum absolute atomic E-state index is 0.110. The van der Waals surface area contributed by atoms with Gasteiger partial charge in [0.2, 0.25) is 0 Å². The Morgan fingerprint density at radius 1 is 1.09 bits per heavy atom. The summed E-state index contributed by atoms with van der Waals surface area (Å²) in [7, 11) is 0. The van der Waals surface area contributed by atoms with Crippen LogP contribution in [0, 0.1) is 13.8 Å². The van der Waals surface area contributed by atoms with Gasteiger partial charge in [-0.1, -0.05) is 17.7 Å². The van der Waals surface area contributed by atoms with Gasteiger partial charge in [0, 0.05) is 5.69 Å². The molecule has 1 aromatic heterocycles. The molecule has 1 aromatic carbocycles. The van der Waals surface area contributed by atoms with Gasteiger partial charge in [-0.25, -0.2) is 4.79 Å². The highest BCUT2D eigenvalue weighted by molar-refractivity contribution is 7.15. The number of hydrogen-bond donors (Lipinski definition) is 1. The Morgan fingerprint density at radius 2 is 1.78 bits per heavy atom. The molecule has 0 unspecified atom stereocenters. The van der Waals surface area contributed by atoms with E-state index in [-0.39, 0.29) is 12.4 Å². The molecule has 120 valence electrons. The molecule has 23 heavy (non-hydrogen) atoms. The molecule has 2 aromatic rings. The highest BCUT2D eigenvalue weighted by atomic mass is 32.1. The summed E-state index contributed by atoms with van der Waals surface area (Å²) in [5.74, 6) is -1.13. The Balaban J connectivity index is 1.90. The van der Waals surface area contributed by atoms with Crippen LogP contribution < -0.4 is 5.32 Å². The maximum atomic E-state index is 11.9. The van der Waals surface area contributed by atoms with Crippen molar-refractivity contribution < 1.29 is 19.1 Å². The van der Waals surface area contributed by atoms with E-state index in [1.54, 1.807) is 6.07 Å². The summed E-state index contributed by atoms with van der Waals surface area (Å²) in [6.07, 6.45) is 0. The molecule has 1 N–H and O–H groups in total. The number of carbonyl (C=O) groups excluding carboxylic acids is 3. The molecule has 0 aliphatic carbocycles. The van der Waals surface area contributed by atoms with Crippen LogP contribution in [0.3, 0.4) is 0 Å². The lowest BCUT2D eigenvalue weighted by molar-refractivity contribution is -0.119. The van der Waals surface area contributed by atoms with Crippen molar-refractivity contribution >= 4 is 34.7 Å². The second-order valence-corrected chi connectivity index (χ2v) is 6.25. The van der Waals surface area contributed by atoms with E-state index < -0.39 is 11.9 Å². The third kappa shape index (κ3) is 4.50. The van der Waals surface area contributed by atoms with Gasteiger partial charge in [-0.15, -0.1) is 11.3 Å². The van der Waals surface area contributed by atoms with Crippen molar-refractivity contribution in [3.63, 3.8) is 0 Å². The molecular weight excluding hydrogens is 314 g/mol. The van der Waals surface area contributed by atoms with Crippen molar-refractivity contribution in [2.75, 3.05) is 11.9 Å². The number of ketones is 1. The minimum Gasteiger partial charge on any atom is -0.451 e. The lowest BCUT2D eigenvalue weighted by atomic mass is 10.1. The molecule has 0 fully saturated rings. The molecule has 1 amide bonds. The first-order valence-electron chi connectivity index (χ1n) is 7.02. The van der Waals surface area contributed by atoms with Gasteiger partial charge in [0.05, 0.1) is 4.88 Å². The minimum atomic E-state index is -0.613. The Morgan fingerprint density at radius 3 is 2.39 bits per heavy atom. The molecule has 0 aliphatic rings. The number of thiophene rings is 1. The summed E-state index contributed by atoms with van der Waals surface area (Å²) in [4.78, 5) is 35.7. The van der Waals surface area contributed by atoms with E-state index in [1.165, 1.54) is 13.0 Å². The summed E-state index contributed by atoms with van der Waals surface area (Å²) < 4.78 is 4.97. The van der Waals surface area contributed by atoms with E-state index in [2.05, 4.69) is 5.32 Å². The first-order chi connectivity index (χ1) is 10.9. The van der Waals surface area contributed by atoms with Gasteiger partial charge >= 0.3 is 5.97 Å². The van der Waals surface area contributed by atoms with Crippen molar-refractivity contribution in [3.8, 4) is 0 Å². The number of nitrogens with one attached hydrogen (secondary N) is 1. The summed E-state index contributed by atoms with van der Waals surface area (Å²) >= 11 is 1.05. The number of hydrogen-bond acceptors (Lipinski definition) is 5. The summed E-state index contributed by atoms with van der Waals surface area (Å²) in [5, 5.41) is 2.70. The summed E-state index contributed by atoms with van der Waals surface area (Å²) in [6, 6.07) is 8.74. The average Bonchev–Trinajstić information content (AvgIpc) is 2.98. The van der Waals surface area contributed by atoms with Gasteiger partial charge in [-0.05, 0) is 44.5 Å². The van der Waals surface area contributed by atoms with Crippen LogP contribution in [0.5, 0.6) is 0 Å². The number of carbonyl (C=O) groups is 3. The number of aryl methyl sites for hydroxylation is 2. The quantitative estimate of drug-likeness (QED) is 0.673. The van der Waals surface area contributed by atoms with Gasteiger partial charge in [-0.3, -0.25) is 9.59 Å². The van der Waals surface area contributed by atoms with Crippen LogP contribution in [0.1, 0.15) is 37.4 Å². The van der Waals surface area contributed by atoms with Crippen LogP contribution in [0.4, 0.5) is 5.69 Å². The van der Waals surface area contributed by atoms with Gasteiger partial charge in [-0.2, -0.15) is 0 Å². The zero-order chi connectivity index (χ0) is 17.0. The van der Waals surface area contributed by atoms with Gasteiger partial charge in [0.15, 0.2) is 12.4 Å². The topological polar surface area (TPSA) is 72.5 Å². The van der Waals surface area contributed by atoms with Crippen LogP contribution in [-0.2, 0) is 9.53 Å². The third-order valence-corrected chi connectivity index (χ3v) is 4.31. The van der Waals surface area contributed by atoms with E-state index in [1.807, 2.05) is 32.0 Å². The molecule has 0 radical (unpaired) electrons. The van der Waals surface area contributed by atoms with Crippen molar-refractivity contribution in [2.24, 2.45) is 0 Å². The van der Waals surface area contributed by atoms with Gasteiger partial charge in [0.25, 0.3) is 5.91 Å². The number of benzene rings is 1. The molecule has 0 bridgehead atoms. The molecule has 6 heteroatoms. The zero-order valence-electron chi connectivity index (χ0n) is 13.1. The predicted octanol–water partition coefficient (Wildman–Crippen LogP) is 3.36. The van der Waals surface area contributed by atoms with Crippen LogP contribution in [0.15, 0.2) is 30.3 Å². The molecule has 5 nitrogen and oxygen atoms in total. The first-order valence-corrected chi connectivity index (χ1v) is 7.83. The highest BCUT2D eigenvalue weighted by Gasteiger charge is 2.14. The fraction of sp³-hybridized carbons (Fsp3) is 0.235. The maximum Gasteiger partial charge on any atom is 0.348 e. The summed E-state index contributed by atoms with van der Waals surface area (Å²) in [6.45, 7) is 4.91. The first kappa shape index (κ1) is 16.9. The van der Waals surface area contributed by atoms with Crippen molar-refractivity contribution in [1.82, 2.24) is 0 Å². The van der Waals surface area contributed by atoms with Crippen molar-refractivity contribution in [1.29, 1.82) is 0 Å². The molecule has 1 heterocycles. The van der Waals surface area contributed by atoms with E-state index in [9.17, 15) is 14.4 Å². The molecular formula is C17H17NO4S. The van der Waals surface area contributed by atoms with E-state index >= 15 is 0 Å². The lowest BCUT2D eigenvalue weighted by Gasteiger charge is -2.09. The Kier molecular flexibility index (Phi) is 5.28. The van der Waals surface area contributed by atoms with Crippen molar-refractivity contribution in [3.05, 3.63) is 51.2 Å². The smallest absolute Gasteiger partial charge is 0.348 e. The SMILES string of the molecule is CC(=O)c1ccc(C(=O)OCC(=O)Nc2ccc(C)cc2C)s1. The fourth-order valence-corrected chi connectivity index (χ4v) is 2.77. The third-order valence-electron chi connectivity index (χ3n) is 3.14. The van der Waals surface area contributed by atoms with Crippen LogP contribution >= 0.6 is 11.3 Å². The molecule has 0 saturated heterocycles. The number of ether oxygens (including phenoxy) is 1. The van der Waals surface area contributed by atoms with Gasteiger partial charge in [0.1, 0.15) is 4.88 Å². The normalized spacial score (nSPS) is 10.2. The number of anilines is 1. The predicted molar refractivity (Wildman–Crippen MR) is 89.2 cm³/mol. The molecule has 0 saturated carbocycles. The monoisotopic (exact) mass is 331 g/mol. The second-order valence-electron chi connectivity index (χ2n) is 5.16. The van der Waals surface area contributed by atoms with Crippen molar-refractivity contribution in [2.45, 2.75) is 20.8 Å². The average molecular weight is 331 g/mol. The zero-order valence-corrected chi connectivity index (χ0v) is 14.0. The van der Waals surface area contributed by atoms with E-state index in [0.717, 1.165) is 22.5 Å². The largest absolute Gasteiger partial charge is 0.451 e. The number of esters is 1. The molecule has 2 rings (SSSR count). The van der Waals surface area contributed by atoms with Crippen LogP contribution in [-0.4, -0.2) is 24.3 Å². The number of rotatable bonds is 5. The fourth-order valence-electron chi connectivity index (χ4n) is 1.98. The van der Waals surface area contributed by atoms with Gasteiger partial charge < -0.3 is 10.1 Å². The Labute approximate surface area is 138 Å². The lowest BCUT2D eigenvalue weighted by Crippen LogP contribution is -2.21. The molecule has 0 atom stereocenters. The maximum absolute atomic E-state index is 11.9. The molecule has 0 spiro atoms. The Hall–Kier alpha value is -2.47. The number of Topliss-reactive ketones (excluding diaryl/α,β-unsaturated/α-hetero) is 1. The number of amides is 1.